The second kappa shape index (κ2) is 11.9. The summed E-state index contributed by atoms with van der Waals surface area (Å²) >= 11 is 0. The van der Waals surface area contributed by atoms with Crippen molar-refractivity contribution in [3.8, 4) is 0 Å². The average molecular weight is 444 g/mol. The predicted octanol–water partition coefficient (Wildman–Crippen LogP) is 4.71. The minimum Gasteiger partial charge on any atom is -0.456 e. The number of amides is 2. The van der Waals surface area contributed by atoms with Crippen LogP contribution in [0.15, 0.2) is 89.1 Å². The summed E-state index contributed by atoms with van der Waals surface area (Å²) in [5, 5.41) is 13.6. The number of azo groups is 1. The zero-order valence-electron chi connectivity index (χ0n) is 18.2. The van der Waals surface area contributed by atoms with Gasteiger partial charge in [0.25, 0.3) is 11.8 Å². The Balaban J connectivity index is 1.36. The van der Waals surface area contributed by atoms with E-state index in [1.165, 1.54) is 0 Å². The lowest BCUT2D eigenvalue weighted by molar-refractivity contribution is -0.147. The molecule has 0 aliphatic carbocycles. The van der Waals surface area contributed by atoms with Crippen LogP contribution in [0, 0.1) is 6.92 Å². The van der Waals surface area contributed by atoms with Crippen molar-refractivity contribution in [2.75, 3.05) is 18.5 Å². The molecule has 0 saturated carbocycles. The molecule has 0 bridgehead atoms. The number of carbonyl (C=O) groups excluding carboxylic acids is 3. The van der Waals surface area contributed by atoms with E-state index in [9.17, 15) is 14.4 Å². The SMILES string of the molecule is Cc1ccccc1C(=O)NCCC(=O)OCC(=O)Nc1ccc(N=Nc2ccccc2)cc1. The van der Waals surface area contributed by atoms with E-state index in [4.69, 9.17) is 4.74 Å². The molecule has 2 N–H and O–H groups in total. The van der Waals surface area contributed by atoms with Crippen LogP contribution in [0.1, 0.15) is 22.3 Å². The van der Waals surface area contributed by atoms with Crippen LogP contribution in [0.2, 0.25) is 0 Å². The molecule has 0 aliphatic rings. The molecule has 8 heteroatoms. The Morgan fingerprint density at radius 3 is 2.15 bits per heavy atom. The van der Waals surface area contributed by atoms with E-state index in [2.05, 4.69) is 20.9 Å². The van der Waals surface area contributed by atoms with E-state index in [1.54, 1.807) is 36.4 Å². The lowest BCUT2D eigenvalue weighted by Gasteiger charge is -2.08. The summed E-state index contributed by atoms with van der Waals surface area (Å²) in [6.45, 7) is 1.54. The van der Waals surface area contributed by atoms with Crippen LogP contribution in [-0.2, 0) is 14.3 Å². The van der Waals surface area contributed by atoms with E-state index in [0.29, 0.717) is 16.9 Å². The number of anilines is 1. The Morgan fingerprint density at radius 2 is 1.45 bits per heavy atom. The molecule has 3 rings (SSSR count). The molecular weight excluding hydrogens is 420 g/mol. The number of rotatable bonds is 9. The molecule has 8 nitrogen and oxygen atoms in total. The van der Waals surface area contributed by atoms with Gasteiger partial charge in [0.15, 0.2) is 6.61 Å². The van der Waals surface area contributed by atoms with Crippen molar-refractivity contribution in [1.29, 1.82) is 0 Å². The van der Waals surface area contributed by atoms with Gasteiger partial charge in [0, 0.05) is 17.8 Å². The summed E-state index contributed by atoms with van der Waals surface area (Å²) < 4.78 is 4.96. The van der Waals surface area contributed by atoms with Gasteiger partial charge in [0.2, 0.25) is 0 Å². The Morgan fingerprint density at radius 1 is 0.818 bits per heavy atom. The first-order chi connectivity index (χ1) is 16.0. The maximum absolute atomic E-state index is 12.1. The molecule has 0 saturated heterocycles. The van der Waals surface area contributed by atoms with Crippen LogP contribution >= 0.6 is 0 Å². The first-order valence-corrected chi connectivity index (χ1v) is 10.4. The zero-order chi connectivity index (χ0) is 23.5. The van der Waals surface area contributed by atoms with Gasteiger partial charge in [0.1, 0.15) is 0 Å². The number of nitrogens with one attached hydrogen (secondary N) is 2. The number of benzene rings is 3. The first-order valence-electron chi connectivity index (χ1n) is 10.4. The van der Waals surface area contributed by atoms with Crippen LogP contribution < -0.4 is 10.6 Å². The normalized spacial score (nSPS) is 10.6. The van der Waals surface area contributed by atoms with Crippen molar-refractivity contribution >= 4 is 34.8 Å². The maximum Gasteiger partial charge on any atom is 0.308 e. The summed E-state index contributed by atoms with van der Waals surface area (Å²) in [6.07, 6.45) is -0.0357. The summed E-state index contributed by atoms with van der Waals surface area (Å²) in [5.74, 6) is -1.30. The fourth-order valence-electron chi connectivity index (χ4n) is 2.84. The van der Waals surface area contributed by atoms with E-state index in [1.807, 2.05) is 49.4 Å². The standard InChI is InChI=1S/C25H24N4O4/c1-18-7-5-6-10-22(18)25(32)26-16-15-24(31)33-17-23(30)27-19-11-13-21(14-12-19)29-28-20-8-3-2-4-9-20/h2-14H,15-17H2,1H3,(H,26,32)(H,27,30). The number of hydrogen-bond donors (Lipinski definition) is 2. The van der Waals surface area contributed by atoms with E-state index >= 15 is 0 Å². The lowest BCUT2D eigenvalue weighted by Crippen LogP contribution is -2.28. The Bertz CT molecular complexity index is 1130. The van der Waals surface area contributed by atoms with Crippen molar-refractivity contribution in [2.24, 2.45) is 10.2 Å². The summed E-state index contributed by atoms with van der Waals surface area (Å²) in [5.41, 5.74) is 3.32. The van der Waals surface area contributed by atoms with Crippen molar-refractivity contribution < 1.29 is 19.1 Å². The van der Waals surface area contributed by atoms with Crippen LogP contribution in [-0.4, -0.2) is 30.9 Å². The monoisotopic (exact) mass is 444 g/mol. The minimum absolute atomic E-state index is 0.0357. The van der Waals surface area contributed by atoms with Gasteiger partial charge < -0.3 is 15.4 Å². The number of nitrogens with zero attached hydrogens (tertiary/aromatic N) is 2. The molecule has 0 radical (unpaired) electrons. The Hall–Kier alpha value is -4.33. The maximum atomic E-state index is 12.1. The third-order valence-electron chi connectivity index (χ3n) is 4.56. The molecule has 3 aromatic carbocycles. The second-order valence-electron chi connectivity index (χ2n) is 7.11. The third-order valence-corrected chi connectivity index (χ3v) is 4.56. The molecule has 0 heterocycles. The average Bonchev–Trinajstić information content (AvgIpc) is 2.83. The quantitative estimate of drug-likeness (QED) is 0.368. The molecule has 168 valence electrons. The highest BCUT2D eigenvalue weighted by Crippen LogP contribution is 2.20. The molecule has 33 heavy (non-hydrogen) atoms. The van der Waals surface area contributed by atoms with Crippen molar-refractivity contribution in [1.82, 2.24) is 5.32 Å². The molecule has 2 amide bonds. The van der Waals surface area contributed by atoms with Crippen LogP contribution in [0.25, 0.3) is 0 Å². The highest BCUT2D eigenvalue weighted by atomic mass is 16.5. The van der Waals surface area contributed by atoms with Gasteiger partial charge in [-0.2, -0.15) is 10.2 Å². The van der Waals surface area contributed by atoms with Gasteiger partial charge in [-0.3, -0.25) is 14.4 Å². The number of ether oxygens (including phenoxy) is 1. The second-order valence-corrected chi connectivity index (χ2v) is 7.11. The van der Waals surface area contributed by atoms with Crippen LogP contribution in [0.3, 0.4) is 0 Å². The predicted molar refractivity (Wildman–Crippen MR) is 125 cm³/mol. The van der Waals surface area contributed by atoms with Crippen molar-refractivity contribution in [3.05, 3.63) is 90.0 Å². The van der Waals surface area contributed by atoms with E-state index < -0.39 is 18.5 Å². The summed E-state index contributed by atoms with van der Waals surface area (Å²) in [6, 6.07) is 23.3. The molecule has 0 fully saturated rings. The molecule has 0 aromatic heterocycles. The molecule has 0 spiro atoms. The molecular formula is C25H24N4O4. The van der Waals surface area contributed by atoms with Gasteiger partial charge in [0.05, 0.1) is 17.8 Å². The summed E-state index contributed by atoms with van der Waals surface area (Å²) in [7, 11) is 0. The lowest BCUT2D eigenvalue weighted by atomic mass is 10.1. The molecule has 3 aromatic rings. The van der Waals surface area contributed by atoms with Crippen LogP contribution in [0.5, 0.6) is 0 Å². The highest BCUT2D eigenvalue weighted by Gasteiger charge is 2.11. The smallest absolute Gasteiger partial charge is 0.308 e. The van der Waals surface area contributed by atoms with Crippen molar-refractivity contribution in [3.63, 3.8) is 0 Å². The fourth-order valence-corrected chi connectivity index (χ4v) is 2.84. The van der Waals surface area contributed by atoms with Gasteiger partial charge >= 0.3 is 5.97 Å². The van der Waals surface area contributed by atoms with Crippen molar-refractivity contribution in [2.45, 2.75) is 13.3 Å². The van der Waals surface area contributed by atoms with Crippen LogP contribution in [0.4, 0.5) is 17.1 Å². The molecule has 0 aliphatic heterocycles. The third kappa shape index (κ3) is 7.70. The van der Waals surface area contributed by atoms with Gasteiger partial charge in [-0.25, -0.2) is 0 Å². The first kappa shape index (κ1) is 23.3. The summed E-state index contributed by atoms with van der Waals surface area (Å²) in [4.78, 5) is 36.0. The largest absolute Gasteiger partial charge is 0.456 e. The van der Waals surface area contributed by atoms with E-state index in [0.717, 1.165) is 11.3 Å². The minimum atomic E-state index is -0.577. The highest BCUT2D eigenvalue weighted by molar-refractivity contribution is 5.96. The Labute approximate surface area is 191 Å². The number of carbonyl (C=O) groups is 3. The molecule has 0 atom stereocenters. The Kier molecular flexibility index (Phi) is 8.41. The topological polar surface area (TPSA) is 109 Å². The van der Waals surface area contributed by atoms with Gasteiger partial charge in [-0.05, 0) is 55.0 Å². The van der Waals surface area contributed by atoms with Gasteiger partial charge in [-0.15, -0.1) is 0 Å². The molecule has 0 unspecified atom stereocenters. The number of hydrogen-bond acceptors (Lipinski definition) is 6. The zero-order valence-corrected chi connectivity index (χ0v) is 18.2. The number of esters is 1. The number of aryl methyl sites for hydroxylation is 1. The van der Waals surface area contributed by atoms with E-state index in [-0.39, 0.29) is 18.9 Å². The fraction of sp³-hybridized carbons (Fsp3) is 0.160. The van der Waals surface area contributed by atoms with Gasteiger partial charge in [-0.1, -0.05) is 36.4 Å².